The van der Waals surface area contributed by atoms with E-state index in [1.807, 2.05) is 0 Å². The Kier molecular flexibility index (Phi) is 7.77. The van der Waals surface area contributed by atoms with Gasteiger partial charge in [-0.15, -0.1) is 0 Å². The third-order valence-electron chi connectivity index (χ3n) is 5.81. The predicted molar refractivity (Wildman–Crippen MR) is 121 cm³/mol. The Labute approximate surface area is 203 Å². The maximum Gasteiger partial charge on any atom is 0.433 e. The second-order valence-corrected chi connectivity index (χ2v) is 10.4. The fourth-order valence-corrected chi connectivity index (χ4v) is 4.59. The molecule has 1 fully saturated rings. The predicted octanol–water partition coefficient (Wildman–Crippen LogP) is 4.67. The third kappa shape index (κ3) is 7.24. The number of carbonyl (C=O) groups excluding carboxylic acids is 1. The van der Waals surface area contributed by atoms with Gasteiger partial charge in [0.2, 0.25) is 10.0 Å². The van der Waals surface area contributed by atoms with Crippen molar-refractivity contribution in [3.05, 3.63) is 53.3 Å². The van der Waals surface area contributed by atoms with E-state index in [0.29, 0.717) is 37.8 Å². The number of nitrogens with zero attached hydrogens (tertiary/aromatic N) is 2. The quantitative estimate of drug-likeness (QED) is 0.522. The molecule has 36 heavy (non-hydrogen) atoms. The highest BCUT2D eigenvalue weighted by atomic mass is 32.2. The van der Waals surface area contributed by atoms with Crippen molar-refractivity contribution in [1.82, 2.24) is 10.3 Å². The lowest BCUT2D eigenvalue weighted by molar-refractivity contribution is -0.150. The third-order valence-corrected chi connectivity index (χ3v) is 6.41. The van der Waals surface area contributed by atoms with Crippen LogP contribution in [0.2, 0.25) is 0 Å². The molecule has 1 aromatic heterocycles. The van der Waals surface area contributed by atoms with Gasteiger partial charge in [-0.05, 0) is 56.0 Å². The molecular formula is C22H24F6N4O3S. The van der Waals surface area contributed by atoms with Crippen molar-refractivity contribution in [3.8, 4) is 0 Å². The van der Waals surface area contributed by atoms with E-state index >= 15 is 0 Å². The zero-order valence-electron chi connectivity index (χ0n) is 19.2. The van der Waals surface area contributed by atoms with Gasteiger partial charge in [0.05, 0.1) is 6.26 Å². The van der Waals surface area contributed by atoms with Crippen LogP contribution in [0.1, 0.15) is 47.4 Å². The Bertz CT molecular complexity index is 1180. The summed E-state index contributed by atoms with van der Waals surface area (Å²) in [7, 11) is -2.09. The highest BCUT2D eigenvalue weighted by Crippen LogP contribution is 2.37. The molecule has 14 heteroatoms. The van der Waals surface area contributed by atoms with Crippen LogP contribution in [0.25, 0.3) is 0 Å². The average molecular weight is 539 g/mol. The maximum absolute atomic E-state index is 13.1. The summed E-state index contributed by atoms with van der Waals surface area (Å²) >= 11 is 0. The number of hydrogen-bond donors (Lipinski definition) is 2. The number of alkyl halides is 6. The first-order chi connectivity index (χ1) is 16.5. The van der Waals surface area contributed by atoms with Crippen LogP contribution in [-0.2, 0) is 22.4 Å². The summed E-state index contributed by atoms with van der Waals surface area (Å²) in [5, 5.41) is 2.84. The maximum atomic E-state index is 13.1. The van der Waals surface area contributed by atoms with Crippen molar-refractivity contribution in [2.45, 2.75) is 50.1 Å². The summed E-state index contributed by atoms with van der Waals surface area (Å²) < 4.78 is 104. The van der Waals surface area contributed by atoms with Crippen molar-refractivity contribution < 1.29 is 39.6 Å². The normalized spacial score (nSPS) is 19.0. The molecule has 1 heterocycles. The molecule has 198 valence electrons. The van der Waals surface area contributed by atoms with E-state index in [4.69, 9.17) is 0 Å². The minimum absolute atomic E-state index is 0.226. The molecule has 0 bridgehead atoms. The standard InChI is InChI=1S/C22H24F6N4O3S/c1-32(17-11-18(21(23,24)25)30-19(12-17)22(26,27)28)16-8-6-14(7-9-16)29-20(33)13-4-3-5-15(10-13)31-36(2,34)35/h3-5,10-12,14,16,31H,6-9H2,1-2H3,(H,29,33). The molecule has 0 radical (unpaired) electrons. The average Bonchev–Trinajstić information content (AvgIpc) is 2.76. The van der Waals surface area contributed by atoms with Crippen molar-refractivity contribution in [3.63, 3.8) is 0 Å². The Balaban J connectivity index is 1.66. The first kappa shape index (κ1) is 27.6. The molecular weight excluding hydrogens is 514 g/mol. The molecule has 1 amide bonds. The van der Waals surface area contributed by atoms with E-state index in [1.165, 1.54) is 36.2 Å². The molecule has 2 aromatic rings. The van der Waals surface area contributed by atoms with Gasteiger partial charge in [0.15, 0.2) is 0 Å². The molecule has 1 saturated carbocycles. The number of halogens is 6. The highest BCUT2D eigenvalue weighted by Gasteiger charge is 2.39. The molecule has 1 aliphatic carbocycles. The summed E-state index contributed by atoms with van der Waals surface area (Å²) in [6.45, 7) is 0. The topological polar surface area (TPSA) is 91.4 Å². The van der Waals surface area contributed by atoms with Gasteiger partial charge in [-0.3, -0.25) is 9.52 Å². The minimum Gasteiger partial charge on any atom is -0.371 e. The molecule has 3 rings (SSSR count). The molecule has 0 spiro atoms. The lowest BCUT2D eigenvalue weighted by Gasteiger charge is -2.36. The Hall–Kier alpha value is -3.03. The Morgan fingerprint density at radius 1 is 0.972 bits per heavy atom. The number of rotatable bonds is 6. The lowest BCUT2D eigenvalue weighted by atomic mass is 9.90. The van der Waals surface area contributed by atoms with Gasteiger partial charge in [0.25, 0.3) is 5.91 Å². The number of sulfonamides is 1. The minimum atomic E-state index is -5.03. The SMILES string of the molecule is CN(c1cc(C(F)(F)F)nc(C(F)(F)F)c1)C1CCC(NC(=O)c2cccc(NS(C)(=O)=O)c2)CC1. The van der Waals surface area contributed by atoms with Crippen LogP contribution in [0.5, 0.6) is 0 Å². The van der Waals surface area contributed by atoms with Crippen LogP contribution in [0.4, 0.5) is 37.7 Å². The van der Waals surface area contributed by atoms with Crippen LogP contribution < -0.4 is 14.9 Å². The molecule has 0 unspecified atom stereocenters. The molecule has 2 N–H and O–H groups in total. The van der Waals surface area contributed by atoms with E-state index in [-0.39, 0.29) is 29.0 Å². The van der Waals surface area contributed by atoms with Crippen molar-refractivity contribution >= 4 is 27.3 Å². The molecule has 7 nitrogen and oxygen atoms in total. The smallest absolute Gasteiger partial charge is 0.371 e. The zero-order chi connectivity index (χ0) is 26.9. The van der Waals surface area contributed by atoms with E-state index in [2.05, 4.69) is 15.0 Å². The van der Waals surface area contributed by atoms with Gasteiger partial charge < -0.3 is 10.2 Å². The number of hydrogen-bond acceptors (Lipinski definition) is 5. The summed E-state index contributed by atoms with van der Waals surface area (Å²) in [6, 6.07) is 6.51. The number of nitrogens with one attached hydrogen (secondary N) is 2. The molecule has 0 saturated heterocycles. The lowest BCUT2D eigenvalue weighted by Crippen LogP contribution is -2.43. The molecule has 1 aliphatic rings. The monoisotopic (exact) mass is 538 g/mol. The number of aromatic nitrogens is 1. The number of benzene rings is 1. The number of anilines is 2. The largest absolute Gasteiger partial charge is 0.433 e. The molecule has 1 aromatic carbocycles. The van der Waals surface area contributed by atoms with Crippen LogP contribution >= 0.6 is 0 Å². The first-order valence-electron chi connectivity index (χ1n) is 10.8. The molecule has 0 atom stereocenters. The van der Waals surface area contributed by atoms with E-state index < -0.39 is 39.7 Å². The Morgan fingerprint density at radius 2 is 1.53 bits per heavy atom. The fraction of sp³-hybridized carbons (Fsp3) is 0.455. The van der Waals surface area contributed by atoms with Gasteiger partial charge in [-0.1, -0.05) is 6.07 Å². The Morgan fingerprint density at radius 3 is 2.03 bits per heavy atom. The van der Waals surface area contributed by atoms with Crippen molar-refractivity contribution in [2.24, 2.45) is 0 Å². The second-order valence-electron chi connectivity index (χ2n) is 8.64. The fourth-order valence-electron chi connectivity index (χ4n) is 4.04. The van der Waals surface area contributed by atoms with Crippen LogP contribution in [0.3, 0.4) is 0 Å². The summed E-state index contributed by atoms with van der Waals surface area (Å²) in [5.74, 6) is -0.428. The van der Waals surface area contributed by atoms with Gasteiger partial charge in [-0.2, -0.15) is 26.3 Å². The van der Waals surface area contributed by atoms with Gasteiger partial charge >= 0.3 is 12.4 Å². The van der Waals surface area contributed by atoms with Crippen LogP contribution in [-0.4, -0.2) is 44.7 Å². The molecule has 0 aliphatic heterocycles. The van der Waals surface area contributed by atoms with Crippen molar-refractivity contribution in [2.75, 3.05) is 22.9 Å². The summed E-state index contributed by atoms with van der Waals surface area (Å²) in [5.41, 5.74) is -3.02. The zero-order valence-corrected chi connectivity index (χ0v) is 20.1. The van der Waals surface area contributed by atoms with E-state index in [1.54, 1.807) is 0 Å². The van der Waals surface area contributed by atoms with Gasteiger partial charge in [0.1, 0.15) is 11.4 Å². The second kappa shape index (κ2) is 10.1. The number of amides is 1. The van der Waals surface area contributed by atoms with Crippen LogP contribution in [0.15, 0.2) is 36.4 Å². The van der Waals surface area contributed by atoms with E-state index in [0.717, 1.165) is 6.26 Å². The number of pyridine rings is 1. The first-order valence-corrected chi connectivity index (χ1v) is 12.7. The summed E-state index contributed by atoms with van der Waals surface area (Å²) in [6.07, 6.45) is -7.35. The highest BCUT2D eigenvalue weighted by molar-refractivity contribution is 7.92. The van der Waals surface area contributed by atoms with Gasteiger partial charge in [0, 0.05) is 36.1 Å². The van der Waals surface area contributed by atoms with E-state index in [9.17, 15) is 39.6 Å². The van der Waals surface area contributed by atoms with Gasteiger partial charge in [-0.25, -0.2) is 13.4 Å². The van der Waals surface area contributed by atoms with Crippen molar-refractivity contribution in [1.29, 1.82) is 0 Å². The van der Waals surface area contributed by atoms with Crippen LogP contribution in [0, 0.1) is 0 Å². The number of carbonyl (C=O) groups is 1. The summed E-state index contributed by atoms with van der Waals surface area (Å²) in [4.78, 5) is 16.7.